The van der Waals surface area contributed by atoms with Gasteiger partial charge in [0.1, 0.15) is 0 Å². The van der Waals surface area contributed by atoms with Crippen molar-refractivity contribution >= 4 is 5.97 Å². The lowest BCUT2D eigenvalue weighted by molar-refractivity contribution is -0.143. The number of carboxylic acids is 1. The van der Waals surface area contributed by atoms with Gasteiger partial charge in [-0.3, -0.25) is 9.69 Å². The number of nitrogens with zero attached hydrogens (tertiary/aromatic N) is 1. The van der Waals surface area contributed by atoms with Gasteiger partial charge in [0.2, 0.25) is 0 Å². The van der Waals surface area contributed by atoms with E-state index >= 15 is 0 Å². The van der Waals surface area contributed by atoms with Crippen LogP contribution in [0.25, 0.3) is 0 Å². The number of aliphatic hydroxyl groups is 1. The number of aliphatic carboxylic acids is 1. The second-order valence-electron chi connectivity index (χ2n) is 5.36. The molecule has 3 fully saturated rings. The van der Waals surface area contributed by atoms with E-state index in [1.165, 1.54) is 0 Å². The van der Waals surface area contributed by atoms with E-state index in [1.807, 2.05) is 0 Å². The minimum Gasteiger partial charge on any atom is -0.481 e. The Bertz CT molecular complexity index is 306. The highest BCUT2D eigenvalue weighted by atomic mass is 16.4. The van der Waals surface area contributed by atoms with Gasteiger partial charge in [-0.25, -0.2) is 0 Å². The molecule has 0 spiro atoms. The first-order chi connectivity index (χ1) is 7.13. The van der Waals surface area contributed by atoms with E-state index in [4.69, 9.17) is 5.11 Å². The number of carboxylic acid groups (broad SMARTS) is 1. The number of fused-ring (bicyclic) bond motifs is 1. The molecule has 1 saturated heterocycles. The fourth-order valence-electron chi connectivity index (χ4n) is 3.45. The van der Waals surface area contributed by atoms with Gasteiger partial charge < -0.3 is 10.2 Å². The number of likely N-dealkylation sites (tertiary alicyclic amines) is 1. The lowest BCUT2D eigenvalue weighted by atomic mass is 10.1. The molecule has 84 valence electrons. The van der Waals surface area contributed by atoms with Gasteiger partial charge in [0, 0.05) is 19.1 Å². The summed E-state index contributed by atoms with van der Waals surface area (Å²) >= 11 is 0. The van der Waals surface area contributed by atoms with Crippen molar-refractivity contribution in [3.8, 4) is 0 Å². The van der Waals surface area contributed by atoms with Crippen molar-refractivity contribution in [1.29, 1.82) is 0 Å². The van der Waals surface area contributed by atoms with Crippen molar-refractivity contribution < 1.29 is 15.0 Å². The van der Waals surface area contributed by atoms with Crippen LogP contribution in [0.1, 0.15) is 25.7 Å². The summed E-state index contributed by atoms with van der Waals surface area (Å²) in [6, 6.07) is 0.231. The SMILES string of the molecule is O=C(O)C12CC1CN(C1CCCC1O)C2. The Morgan fingerprint density at radius 2 is 2.20 bits per heavy atom. The molecular formula is C11H17NO3. The zero-order chi connectivity index (χ0) is 10.6. The Morgan fingerprint density at radius 1 is 1.40 bits per heavy atom. The van der Waals surface area contributed by atoms with Gasteiger partial charge in [-0.2, -0.15) is 0 Å². The number of hydrogen-bond acceptors (Lipinski definition) is 3. The van der Waals surface area contributed by atoms with E-state index in [2.05, 4.69) is 4.90 Å². The Labute approximate surface area is 88.9 Å². The zero-order valence-corrected chi connectivity index (χ0v) is 8.72. The van der Waals surface area contributed by atoms with E-state index in [0.29, 0.717) is 12.5 Å². The molecule has 15 heavy (non-hydrogen) atoms. The second kappa shape index (κ2) is 2.95. The molecule has 2 N–H and O–H groups in total. The van der Waals surface area contributed by atoms with Crippen LogP contribution in [0.2, 0.25) is 0 Å². The van der Waals surface area contributed by atoms with Crippen LogP contribution in [0.3, 0.4) is 0 Å². The number of rotatable bonds is 2. The van der Waals surface area contributed by atoms with Gasteiger partial charge in [0.15, 0.2) is 0 Å². The van der Waals surface area contributed by atoms with Crippen LogP contribution in [0.4, 0.5) is 0 Å². The summed E-state index contributed by atoms with van der Waals surface area (Å²) in [6.45, 7) is 1.54. The van der Waals surface area contributed by atoms with Gasteiger partial charge in [0.05, 0.1) is 11.5 Å². The predicted molar refractivity (Wildman–Crippen MR) is 53.4 cm³/mol. The fourth-order valence-corrected chi connectivity index (χ4v) is 3.45. The number of hydrogen-bond donors (Lipinski definition) is 2. The van der Waals surface area contributed by atoms with Crippen molar-refractivity contribution in [2.24, 2.45) is 11.3 Å². The molecule has 4 atom stereocenters. The molecule has 0 radical (unpaired) electrons. The Morgan fingerprint density at radius 3 is 2.73 bits per heavy atom. The van der Waals surface area contributed by atoms with Crippen LogP contribution in [0, 0.1) is 11.3 Å². The minimum atomic E-state index is -0.637. The van der Waals surface area contributed by atoms with Gasteiger partial charge in [-0.05, 0) is 31.6 Å². The molecular weight excluding hydrogens is 194 g/mol. The highest BCUT2D eigenvalue weighted by molar-refractivity contribution is 5.79. The Balaban J connectivity index is 1.70. The maximum atomic E-state index is 11.1. The normalized spacial score (nSPS) is 49.3. The van der Waals surface area contributed by atoms with Gasteiger partial charge in [-0.1, -0.05) is 0 Å². The highest BCUT2D eigenvalue weighted by Crippen LogP contribution is 2.58. The van der Waals surface area contributed by atoms with Crippen molar-refractivity contribution in [2.75, 3.05) is 13.1 Å². The van der Waals surface area contributed by atoms with E-state index in [9.17, 15) is 9.90 Å². The third kappa shape index (κ3) is 1.24. The maximum absolute atomic E-state index is 11.1. The number of carbonyl (C=O) groups is 1. The number of piperidine rings is 1. The minimum absolute atomic E-state index is 0.228. The topological polar surface area (TPSA) is 60.8 Å². The van der Waals surface area contributed by atoms with Crippen molar-refractivity contribution in [3.05, 3.63) is 0 Å². The third-order valence-electron chi connectivity index (χ3n) is 4.51. The molecule has 0 aromatic heterocycles. The van der Waals surface area contributed by atoms with E-state index < -0.39 is 11.4 Å². The molecule has 1 heterocycles. The molecule has 0 aromatic carbocycles. The fraction of sp³-hybridized carbons (Fsp3) is 0.909. The molecule has 4 heteroatoms. The van der Waals surface area contributed by atoms with Crippen LogP contribution >= 0.6 is 0 Å². The van der Waals surface area contributed by atoms with Crippen LogP contribution in [-0.4, -0.2) is 46.3 Å². The van der Waals surface area contributed by atoms with Gasteiger partial charge in [-0.15, -0.1) is 0 Å². The third-order valence-corrected chi connectivity index (χ3v) is 4.51. The summed E-state index contributed by atoms with van der Waals surface area (Å²) in [5.74, 6) is -0.287. The average molecular weight is 211 g/mol. The molecule has 2 saturated carbocycles. The Hall–Kier alpha value is -0.610. The van der Waals surface area contributed by atoms with E-state index in [1.54, 1.807) is 0 Å². The van der Waals surface area contributed by atoms with Crippen molar-refractivity contribution in [2.45, 2.75) is 37.8 Å². The van der Waals surface area contributed by atoms with Crippen LogP contribution in [0.5, 0.6) is 0 Å². The van der Waals surface area contributed by atoms with Crippen molar-refractivity contribution in [1.82, 2.24) is 4.90 Å². The molecule has 0 amide bonds. The molecule has 3 aliphatic rings. The Kier molecular flexibility index (Phi) is 1.89. The first kappa shape index (κ1) is 9.60. The largest absolute Gasteiger partial charge is 0.481 e. The molecule has 0 aromatic rings. The summed E-state index contributed by atoms with van der Waals surface area (Å²) in [5, 5.41) is 18.9. The highest BCUT2D eigenvalue weighted by Gasteiger charge is 2.66. The van der Waals surface area contributed by atoms with Crippen molar-refractivity contribution in [3.63, 3.8) is 0 Å². The summed E-state index contributed by atoms with van der Waals surface area (Å²) in [5.41, 5.74) is -0.442. The average Bonchev–Trinajstić information content (AvgIpc) is 2.59. The van der Waals surface area contributed by atoms with Gasteiger partial charge in [0.25, 0.3) is 0 Å². The maximum Gasteiger partial charge on any atom is 0.311 e. The second-order valence-corrected chi connectivity index (χ2v) is 5.36. The zero-order valence-electron chi connectivity index (χ0n) is 8.72. The number of aliphatic hydroxyl groups excluding tert-OH is 1. The molecule has 1 aliphatic heterocycles. The summed E-state index contributed by atoms with van der Waals surface area (Å²) in [6.07, 6.45) is 3.61. The summed E-state index contributed by atoms with van der Waals surface area (Å²) < 4.78 is 0. The first-order valence-corrected chi connectivity index (χ1v) is 5.79. The van der Waals surface area contributed by atoms with Crippen LogP contribution < -0.4 is 0 Å². The monoisotopic (exact) mass is 211 g/mol. The lowest BCUT2D eigenvalue weighted by Gasteiger charge is -2.28. The summed E-state index contributed by atoms with van der Waals surface area (Å²) in [4.78, 5) is 13.3. The molecule has 4 nitrogen and oxygen atoms in total. The van der Waals surface area contributed by atoms with E-state index in [-0.39, 0.29) is 12.1 Å². The molecule has 2 aliphatic carbocycles. The molecule has 0 bridgehead atoms. The van der Waals surface area contributed by atoms with Crippen LogP contribution in [0.15, 0.2) is 0 Å². The quantitative estimate of drug-likeness (QED) is 0.690. The predicted octanol–water partition coefficient (Wildman–Crippen LogP) is 0.306. The first-order valence-electron chi connectivity index (χ1n) is 5.79. The van der Waals surface area contributed by atoms with E-state index in [0.717, 1.165) is 32.2 Å². The smallest absolute Gasteiger partial charge is 0.311 e. The lowest BCUT2D eigenvalue weighted by Crippen LogP contribution is -2.41. The van der Waals surface area contributed by atoms with Crippen LogP contribution in [-0.2, 0) is 4.79 Å². The summed E-state index contributed by atoms with van der Waals surface area (Å²) in [7, 11) is 0. The molecule has 3 rings (SSSR count). The molecule has 4 unspecified atom stereocenters. The van der Waals surface area contributed by atoms with Gasteiger partial charge >= 0.3 is 5.97 Å². The standard InChI is InChI=1S/C11H17NO3/c13-9-3-1-2-8(9)12-5-7-4-11(7,6-12)10(14)15/h7-9,13H,1-6H2,(H,14,15).